The van der Waals surface area contributed by atoms with Gasteiger partial charge in [-0.15, -0.1) is 5.14 Å². The highest BCUT2D eigenvalue weighted by Crippen LogP contribution is 2.34. The zero-order chi connectivity index (χ0) is 23.9. The molecule has 6 rings (SSSR count). The van der Waals surface area contributed by atoms with Gasteiger partial charge in [0.2, 0.25) is 0 Å². The Hall–Kier alpha value is -3.59. The first-order chi connectivity index (χ1) is 17.1. The molecule has 7 nitrogen and oxygen atoms in total. The van der Waals surface area contributed by atoms with Crippen LogP contribution in [-0.4, -0.2) is 52.7 Å². The Balaban J connectivity index is 1.34. The van der Waals surface area contributed by atoms with Crippen molar-refractivity contribution < 1.29 is 4.21 Å². The summed E-state index contributed by atoms with van der Waals surface area (Å²) in [5.74, 6) is 0. The summed E-state index contributed by atoms with van der Waals surface area (Å²) < 4.78 is 13.9. The number of nitrogens with two attached hydrogens (primary N) is 1. The van der Waals surface area contributed by atoms with Gasteiger partial charge in [-0.3, -0.25) is 0 Å². The third-order valence-corrected chi connectivity index (χ3v) is 7.72. The number of piperazine rings is 1. The second-order valence-corrected chi connectivity index (χ2v) is 10.1. The molecule has 1 atom stereocenters. The first kappa shape index (κ1) is 21.9. The van der Waals surface area contributed by atoms with E-state index in [0.717, 1.165) is 64.9 Å². The van der Waals surface area contributed by atoms with Gasteiger partial charge in [0, 0.05) is 60.8 Å². The minimum absolute atomic E-state index is 0.658. The van der Waals surface area contributed by atoms with E-state index in [9.17, 15) is 4.21 Å². The van der Waals surface area contributed by atoms with E-state index in [1.807, 2.05) is 59.5 Å². The topological polar surface area (TPSA) is 79.8 Å². The molecule has 1 saturated heterocycles. The van der Waals surface area contributed by atoms with E-state index in [-0.39, 0.29) is 0 Å². The molecular formula is C27H27N6OS+. The van der Waals surface area contributed by atoms with E-state index in [0.29, 0.717) is 4.90 Å². The van der Waals surface area contributed by atoms with Crippen LogP contribution in [0.4, 0.5) is 5.69 Å². The normalized spacial score (nSPS) is 15.7. The zero-order valence-electron chi connectivity index (χ0n) is 19.5. The second-order valence-electron chi connectivity index (χ2n) is 9.01. The summed E-state index contributed by atoms with van der Waals surface area (Å²) in [7, 11) is 0.241. The third-order valence-electron chi connectivity index (χ3n) is 6.85. The minimum atomic E-state index is -1.93. The monoisotopic (exact) mass is 483 g/mol. The molecule has 1 aliphatic rings. The maximum Gasteiger partial charge on any atom is 0.182 e. The van der Waals surface area contributed by atoms with Crippen molar-refractivity contribution in [3.8, 4) is 22.3 Å². The number of hydrogen-bond donors (Lipinski definition) is 1. The molecule has 35 heavy (non-hydrogen) atoms. The van der Waals surface area contributed by atoms with Crippen LogP contribution < -0.4 is 10.0 Å². The summed E-state index contributed by atoms with van der Waals surface area (Å²) in [4.78, 5) is 10.2. The van der Waals surface area contributed by atoms with Gasteiger partial charge in [-0.25, -0.2) is 9.50 Å². The lowest BCUT2D eigenvalue weighted by Crippen LogP contribution is -2.44. The van der Waals surface area contributed by atoms with Crippen molar-refractivity contribution in [3.63, 3.8) is 0 Å². The lowest BCUT2D eigenvalue weighted by Gasteiger charge is -2.34. The largest absolute Gasteiger partial charge is 0.369 e. The van der Waals surface area contributed by atoms with Gasteiger partial charge in [0.1, 0.15) is 0 Å². The minimum Gasteiger partial charge on any atom is -0.369 e. The van der Waals surface area contributed by atoms with E-state index in [4.69, 9.17) is 10.1 Å². The average molecular weight is 484 g/mol. The Labute approximate surface area is 206 Å². The number of rotatable bonds is 4. The van der Waals surface area contributed by atoms with Crippen LogP contribution in [0, 0.1) is 0 Å². The van der Waals surface area contributed by atoms with Gasteiger partial charge >= 0.3 is 0 Å². The van der Waals surface area contributed by atoms with Gasteiger partial charge in [0.05, 0.1) is 6.20 Å². The third kappa shape index (κ3) is 3.99. The molecule has 1 aliphatic heterocycles. The van der Waals surface area contributed by atoms with Gasteiger partial charge in [-0.05, 0) is 53.9 Å². The van der Waals surface area contributed by atoms with Gasteiger partial charge in [-0.2, -0.15) is 5.10 Å². The Morgan fingerprint density at radius 3 is 2.31 bits per heavy atom. The molecule has 2 aromatic heterocycles. The van der Waals surface area contributed by atoms with Crippen LogP contribution in [0.3, 0.4) is 0 Å². The Bertz CT molecular complexity index is 1550. The molecule has 1 unspecified atom stereocenters. The van der Waals surface area contributed by atoms with Crippen LogP contribution >= 0.6 is 0 Å². The van der Waals surface area contributed by atoms with Crippen molar-refractivity contribution in [1.29, 1.82) is 0 Å². The molecule has 0 aliphatic carbocycles. The van der Waals surface area contributed by atoms with Gasteiger partial charge in [0.25, 0.3) is 0 Å². The molecule has 1 fully saturated rings. The molecule has 0 radical (unpaired) electrons. The van der Waals surface area contributed by atoms with E-state index in [2.05, 4.69) is 46.2 Å². The standard InChI is InChI=1S/C27H26N6OS/c1-31-12-14-32(15-13-31)21-8-6-19(7-9-21)20-16-29-27-25(17-30-33(27)18-20)23-10-11-26(35(28)34)24-5-3-2-4-22(23)24/h2-11,16-18H,12-15H2,1H3,(H2,28,34)/p+1. The quantitative estimate of drug-likeness (QED) is 0.310. The summed E-state index contributed by atoms with van der Waals surface area (Å²) in [6.07, 6.45) is 5.76. The summed E-state index contributed by atoms with van der Waals surface area (Å²) in [5.41, 5.74) is 6.07. The zero-order valence-corrected chi connectivity index (χ0v) is 20.4. The van der Waals surface area contributed by atoms with Gasteiger partial charge < -0.3 is 9.80 Å². The first-order valence-corrected chi connectivity index (χ1v) is 13.0. The molecule has 0 amide bonds. The predicted octanol–water partition coefficient (Wildman–Crippen LogP) is 3.90. The molecule has 3 aromatic carbocycles. The van der Waals surface area contributed by atoms with Crippen LogP contribution in [-0.2, 0) is 15.2 Å². The number of thiol groups is 1. The highest BCUT2D eigenvalue weighted by molar-refractivity contribution is 7.82. The Kier molecular flexibility index (Phi) is 5.56. The van der Waals surface area contributed by atoms with Crippen molar-refractivity contribution in [2.75, 3.05) is 38.1 Å². The molecule has 0 bridgehead atoms. The van der Waals surface area contributed by atoms with Crippen molar-refractivity contribution in [2.24, 2.45) is 5.14 Å². The van der Waals surface area contributed by atoms with E-state index in [1.165, 1.54) is 5.69 Å². The number of benzene rings is 3. The molecule has 3 heterocycles. The van der Waals surface area contributed by atoms with Crippen LogP contribution in [0.25, 0.3) is 38.7 Å². The van der Waals surface area contributed by atoms with Crippen molar-refractivity contribution in [1.82, 2.24) is 19.5 Å². The van der Waals surface area contributed by atoms with Crippen LogP contribution in [0.1, 0.15) is 0 Å². The molecule has 2 N–H and O–H groups in total. The van der Waals surface area contributed by atoms with Crippen LogP contribution in [0.5, 0.6) is 0 Å². The molecular weight excluding hydrogens is 456 g/mol. The number of fused-ring (bicyclic) bond motifs is 2. The Morgan fingerprint density at radius 2 is 1.57 bits per heavy atom. The molecule has 8 heteroatoms. The molecule has 176 valence electrons. The predicted molar refractivity (Wildman–Crippen MR) is 143 cm³/mol. The maximum atomic E-state index is 12.1. The number of likely N-dealkylation sites (N-methyl/N-ethyl adjacent to an activating group) is 1. The summed E-state index contributed by atoms with van der Waals surface area (Å²) in [6, 6.07) is 20.4. The fraction of sp³-hybridized carbons (Fsp3) is 0.185. The number of hydrogen-bond acceptors (Lipinski definition) is 5. The summed E-state index contributed by atoms with van der Waals surface area (Å²) in [6.45, 7) is 4.28. The van der Waals surface area contributed by atoms with Gasteiger partial charge in [-0.1, -0.05) is 34.5 Å². The molecule has 0 spiro atoms. The highest BCUT2D eigenvalue weighted by Gasteiger charge is 2.18. The number of nitrogens with zero attached hydrogens (tertiary/aromatic N) is 5. The fourth-order valence-corrected chi connectivity index (χ4v) is 5.51. The SMILES string of the molecule is CN1CCN(c2ccc(-c3cnc4c(-c5ccc([SH+](N)=O)c6ccccc56)cnn4c3)cc2)CC1. The smallest absolute Gasteiger partial charge is 0.182 e. The molecule has 0 saturated carbocycles. The highest BCUT2D eigenvalue weighted by atomic mass is 32.2. The second kappa shape index (κ2) is 8.88. The average Bonchev–Trinajstić information content (AvgIpc) is 3.31. The van der Waals surface area contributed by atoms with Crippen molar-refractivity contribution >= 4 is 33.1 Å². The summed E-state index contributed by atoms with van der Waals surface area (Å²) in [5, 5.41) is 12.2. The van der Waals surface area contributed by atoms with E-state index in [1.54, 1.807) is 0 Å². The maximum absolute atomic E-state index is 12.1. The molecule has 5 aromatic rings. The van der Waals surface area contributed by atoms with Crippen LogP contribution in [0.2, 0.25) is 0 Å². The van der Waals surface area contributed by atoms with Crippen molar-refractivity contribution in [2.45, 2.75) is 4.90 Å². The fourth-order valence-electron chi connectivity index (χ4n) is 4.85. The van der Waals surface area contributed by atoms with E-state index >= 15 is 0 Å². The van der Waals surface area contributed by atoms with Crippen molar-refractivity contribution in [3.05, 3.63) is 79.3 Å². The number of anilines is 1. The lowest BCUT2D eigenvalue weighted by atomic mass is 10.00. The lowest BCUT2D eigenvalue weighted by molar-refractivity contribution is 0.313. The van der Waals surface area contributed by atoms with E-state index < -0.39 is 11.0 Å². The Morgan fingerprint density at radius 1 is 0.829 bits per heavy atom. The van der Waals surface area contributed by atoms with Crippen LogP contribution in [0.15, 0.2) is 84.1 Å². The first-order valence-electron chi connectivity index (χ1n) is 11.7. The summed E-state index contributed by atoms with van der Waals surface area (Å²) >= 11 is 0. The number of aromatic nitrogens is 3. The van der Waals surface area contributed by atoms with Gasteiger partial charge in [0.15, 0.2) is 21.5 Å².